The average molecular weight is 537 g/mol. The van der Waals surface area contributed by atoms with Gasteiger partial charge >= 0.3 is 0 Å². The average Bonchev–Trinajstić information content (AvgIpc) is 2.86. The smallest absolute Gasteiger partial charge is 0.246 e. The van der Waals surface area contributed by atoms with Gasteiger partial charge in [-0.05, 0) is 47.5 Å². The summed E-state index contributed by atoms with van der Waals surface area (Å²) in [5.41, 5.74) is 1.87. The lowest BCUT2D eigenvalue weighted by Crippen LogP contribution is -2.49. The molecule has 0 saturated carbocycles. The number of methoxy groups -OCH3 is 1. The third kappa shape index (κ3) is 6.41. The van der Waals surface area contributed by atoms with Crippen LogP contribution in [0.5, 0.6) is 5.75 Å². The summed E-state index contributed by atoms with van der Waals surface area (Å²) in [5.74, 6) is -1.20. The van der Waals surface area contributed by atoms with Gasteiger partial charge < -0.3 is 9.47 Å². The maximum absolute atomic E-state index is 14.2. The Hall–Kier alpha value is -2.56. The Morgan fingerprint density at radius 3 is 2.42 bits per heavy atom. The van der Waals surface area contributed by atoms with Gasteiger partial charge in [-0.15, -0.1) is 0 Å². The van der Waals surface area contributed by atoms with Crippen LogP contribution >= 0.6 is 11.6 Å². The van der Waals surface area contributed by atoms with Crippen LogP contribution in [0.4, 0.5) is 8.78 Å². The molecule has 4 rings (SSSR count). The van der Waals surface area contributed by atoms with E-state index in [4.69, 9.17) is 21.1 Å². The van der Waals surface area contributed by atoms with Crippen LogP contribution in [0.2, 0.25) is 5.02 Å². The van der Waals surface area contributed by atoms with E-state index in [1.54, 1.807) is 13.2 Å². The molecule has 36 heavy (non-hydrogen) atoms. The van der Waals surface area contributed by atoms with Crippen molar-refractivity contribution >= 4 is 21.6 Å². The molecule has 10 heteroatoms. The van der Waals surface area contributed by atoms with E-state index in [0.29, 0.717) is 43.1 Å². The third-order valence-corrected chi connectivity index (χ3v) is 8.24. The Kier molecular flexibility index (Phi) is 8.58. The highest BCUT2D eigenvalue weighted by molar-refractivity contribution is 7.89. The van der Waals surface area contributed by atoms with E-state index in [-0.39, 0.29) is 19.2 Å². The first-order chi connectivity index (χ1) is 17.3. The van der Waals surface area contributed by atoms with Crippen molar-refractivity contribution in [2.24, 2.45) is 0 Å². The van der Waals surface area contributed by atoms with Gasteiger partial charge in [0.05, 0.1) is 19.8 Å². The van der Waals surface area contributed by atoms with Crippen molar-refractivity contribution in [1.29, 1.82) is 0 Å². The molecular weight excluding hydrogens is 510 g/mol. The molecule has 0 spiro atoms. The Bertz CT molecular complexity index is 1300. The molecule has 1 aliphatic rings. The predicted molar refractivity (Wildman–Crippen MR) is 134 cm³/mol. The lowest BCUT2D eigenvalue weighted by Gasteiger charge is -2.36. The molecule has 6 nitrogen and oxygen atoms in total. The number of benzene rings is 3. The fourth-order valence-electron chi connectivity index (χ4n) is 4.13. The van der Waals surface area contributed by atoms with Crippen molar-refractivity contribution in [2.45, 2.75) is 17.6 Å². The lowest BCUT2D eigenvalue weighted by atomic mass is 10.1. The topological polar surface area (TPSA) is 59.1 Å². The second-order valence-electron chi connectivity index (χ2n) is 8.49. The zero-order valence-corrected chi connectivity index (χ0v) is 21.3. The fourth-order valence-corrected chi connectivity index (χ4v) is 5.81. The number of rotatable bonds is 9. The van der Waals surface area contributed by atoms with Gasteiger partial charge in [-0.1, -0.05) is 35.9 Å². The molecule has 0 aromatic heterocycles. The number of ether oxygens (including phenoxy) is 2. The third-order valence-electron chi connectivity index (χ3n) is 6.07. The van der Waals surface area contributed by atoms with E-state index < -0.39 is 26.6 Å². The molecule has 1 aliphatic heterocycles. The highest BCUT2D eigenvalue weighted by atomic mass is 35.5. The lowest BCUT2D eigenvalue weighted by molar-refractivity contribution is 0.00762. The van der Waals surface area contributed by atoms with Crippen LogP contribution in [0.1, 0.15) is 17.2 Å². The first-order valence-electron chi connectivity index (χ1n) is 11.4. The minimum absolute atomic E-state index is 0.179. The van der Waals surface area contributed by atoms with Crippen LogP contribution in [-0.2, 0) is 21.4 Å². The van der Waals surface area contributed by atoms with Gasteiger partial charge in [0.1, 0.15) is 22.3 Å². The van der Waals surface area contributed by atoms with Crippen molar-refractivity contribution in [2.75, 3.05) is 39.8 Å². The van der Waals surface area contributed by atoms with Crippen LogP contribution in [0.25, 0.3) is 0 Å². The van der Waals surface area contributed by atoms with E-state index >= 15 is 0 Å². The van der Waals surface area contributed by atoms with E-state index in [2.05, 4.69) is 4.90 Å². The van der Waals surface area contributed by atoms with Crippen LogP contribution in [0, 0.1) is 11.6 Å². The van der Waals surface area contributed by atoms with E-state index in [9.17, 15) is 17.2 Å². The summed E-state index contributed by atoms with van der Waals surface area (Å²) < 4.78 is 66.1. The van der Waals surface area contributed by atoms with Crippen molar-refractivity contribution in [1.82, 2.24) is 9.21 Å². The van der Waals surface area contributed by atoms with E-state index in [1.807, 2.05) is 42.5 Å². The number of halogens is 3. The molecule has 0 aliphatic carbocycles. The van der Waals surface area contributed by atoms with Gasteiger partial charge in [-0.25, -0.2) is 17.2 Å². The van der Waals surface area contributed by atoms with Gasteiger partial charge in [0.25, 0.3) is 0 Å². The molecule has 0 N–H and O–H groups in total. The zero-order chi connectivity index (χ0) is 25.7. The fraction of sp³-hybridized carbons (Fsp3) is 0.308. The second-order valence-corrected chi connectivity index (χ2v) is 10.8. The largest absolute Gasteiger partial charge is 0.497 e. The van der Waals surface area contributed by atoms with Gasteiger partial charge in [0.15, 0.2) is 0 Å². The van der Waals surface area contributed by atoms with Gasteiger partial charge in [0, 0.05) is 43.8 Å². The number of piperazine rings is 1. The Morgan fingerprint density at radius 2 is 1.72 bits per heavy atom. The van der Waals surface area contributed by atoms with Crippen LogP contribution in [0.3, 0.4) is 0 Å². The molecule has 3 aromatic rings. The Balaban J connectivity index is 1.45. The first kappa shape index (κ1) is 26.5. The summed E-state index contributed by atoms with van der Waals surface area (Å²) in [7, 11) is -2.47. The second kappa shape index (κ2) is 11.7. The summed E-state index contributed by atoms with van der Waals surface area (Å²) in [6, 6.07) is 17.6. The van der Waals surface area contributed by atoms with E-state index in [0.717, 1.165) is 23.3 Å². The monoisotopic (exact) mass is 536 g/mol. The number of nitrogens with zero attached hydrogens (tertiary/aromatic N) is 2. The van der Waals surface area contributed by atoms with Gasteiger partial charge in [-0.3, -0.25) is 4.90 Å². The van der Waals surface area contributed by atoms with Crippen molar-refractivity contribution in [3.63, 3.8) is 0 Å². The molecule has 3 aromatic carbocycles. The molecule has 192 valence electrons. The summed E-state index contributed by atoms with van der Waals surface area (Å²) >= 11 is 6.11. The molecule has 1 atom stereocenters. The van der Waals surface area contributed by atoms with Gasteiger partial charge in [-0.2, -0.15) is 4.31 Å². The normalized spacial score (nSPS) is 16.1. The molecular formula is C26H27ClF2N2O4S. The van der Waals surface area contributed by atoms with Gasteiger partial charge in [0.2, 0.25) is 10.0 Å². The molecule has 0 radical (unpaired) electrons. The predicted octanol–water partition coefficient (Wildman–Crippen LogP) is 4.89. The molecule has 0 bridgehead atoms. The first-order valence-corrected chi connectivity index (χ1v) is 13.3. The van der Waals surface area contributed by atoms with Crippen molar-refractivity contribution in [3.8, 4) is 5.75 Å². The number of hydrogen-bond acceptors (Lipinski definition) is 5. The summed E-state index contributed by atoms with van der Waals surface area (Å²) in [6.07, 6.45) is -0.309. The van der Waals surface area contributed by atoms with Crippen LogP contribution in [-0.4, -0.2) is 57.5 Å². The van der Waals surface area contributed by atoms with Crippen molar-refractivity contribution < 1.29 is 26.7 Å². The standard InChI is InChI=1S/C26H27ClF2N2O4S/c1-34-23-7-3-5-20(15-23)25(35-18-19-4-2-6-21(27)14-19)17-30-10-12-31(13-11-30)36(32,33)26-9-8-22(28)16-24(26)29/h2-9,14-16,25H,10-13,17-18H2,1H3/t25-/m1/s1. The quantitative estimate of drug-likeness (QED) is 0.390. The summed E-state index contributed by atoms with van der Waals surface area (Å²) in [4.78, 5) is 1.59. The summed E-state index contributed by atoms with van der Waals surface area (Å²) in [5, 5.41) is 0.629. The Labute approximate surface area is 215 Å². The SMILES string of the molecule is COc1cccc([C@@H](CN2CCN(S(=O)(=O)c3ccc(F)cc3F)CC2)OCc2cccc(Cl)c2)c1. The molecule has 0 unspecified atom stereocenters. The maximum Gasteiger partial charge on any atom is 0.246 e. The summed E-state index contributed by atoms with van der Waals surface area (Å²) in [6.45, 7) is 2.09. The molecule has 1 heterocycles. The highest BCUT2D eigenvalue weighted by Gasteiger charge is 2.31. The molecule has 1 saturated heterocycles. The Morgan fingerprint density at radius 1 is 0.972 bits per heavy atom. The van der Waals surface area contributed by atoms with Crippen LogP contribution < -0.4 is 4.74 Å². The highest BCUT2D eigenvalue weighted by Crippen LogP contribution is 2.27. The molecule has 0 amide bonds. The zero-order valence-electron chi connectivity index (χ0n) is 19.7. The van der Waals surface area contributed by atoms with Crippen LogP contribution in [0.15, 0.2) is 71.6 Å². The minimum atomic E-state index is -4.07. The van der Waals surface area contributed by atoms with Crippen molar-refractivity contribution in [3.05, 3.63) is 94.5 Å². The molecule has 1 fully saturated rings. The minimum Gasteiger partial charge on any atom is -0.497 e. The maximum atomic E-state index is 14.2. The number of hydrogen-bond donors (Lipinski definition) is 0. The van der Waals surface area contributed by atoms with E-state index in [1.165, 1.54) is 4.31 Å². The number of sulfonamides is 1.